The minimum Gasteiger partial charge on any atom is -0.396 e. The van der Waals surface area contributed by atoms with Gasteiger partial charge in [-0.1, -0.05) is 25.7 Å². The SMILES string of the molecule is CC(=O)[C@@H](CO)CC1CCCC1. The molecule has 2 nitrogen and oxygen atoms in total. The number of carbonyl (C=O) groups excluding carboxylic acids is 1. The summed E-state index contributed by atoms with van der Waals surface area (Å²) in [6.45, 7) is 1.61. The van der Waals surface area contributed by atoms with Gasteiger partial charge in [0.25, 0.3) is 0 Å². The van der Waals surface area contributed by atoms with Crippen LogP contribution >= 0.6 is 0 Å². The Morgan fingerprint density at radius 3 is 2.50 bits per heavy atom. The fraction of sp³-hybridized carbons (Fsp3) is 0.900. The van der Waals surface area contributed by atoms with Gasteiger partial charge in [0.15, 0.2) is 0 Å². The molecule has 1 saturated carbocycles. The van der Waals surface area contributed by atoms with Crippen molar-refractivity contribution < 1.29 is 9.90 Å². The maximum absolute atomic E-state index is 11.0. The van der Waals surface area contributed by atoms with Gasteiger partial charge in [-0.2, -0.15) is 0 Å². The Morgan fingerprint density at radius 1 is 1.50 bits per heavy atom. The van der Waals surface area contributed by atoms with Crippen LogP contribution in [0.1, 0.15) is 39.0 Å². The molecule has 0 aliphatic heterocycles. The number of hydrogen-bond acceptors (Lipinski definition) is 2. The molecule has 2 heteroatoms. The Bertz CT molecular complexity index is 148. The average molecular weight is 170 g/mol. The molecular weight excluding hydrogens is 152 g/mol. The second kappa shape index (κ2) is 4.61. The highest BCUT2D eigenvalue weighted by Crippen LogP contribution is 2.30. The summed E-state index contributed by atoms with van der Waals surface area (Å²) in [5.41, 5.74) is 0. The van der Waals surface area contributed by atoms with Crippen LogP contribution in [0.2, 0.25) is 0 Å². The van der Waals surface area contributed by atoms with Gasteiger partial charge in [-0.05, 0) is 19.3 Å². The molecule has 0 unspecified atom stereocenters. The van der Waals surface area contributed by atoms with Crippen molar-refractivity contribution in [1.29, 1.82) is 0 Å². The van der Waals surface area contributed by atoms with E-state index in [4.69, 9.17) is 5.11 Å². The van der Waals surface area contributed by atoms with Gasteiger partial charge in [0.05, 0.1) is 6.61 Å². The van der Waals surface area contributed by atoms with Crippen LogP contribution in [0.3, 0.4) is 0 Å². The van der Waals surface area contributed by atoms with E-state index in [1.54, 1.807) is 6.92 Å². The summed E-state index contributed by atoms with van der Waals surface area (Å²) in [5, 5.41) is 8.94. The van der Waals surface area contributed by atoms with E-state index in [9.17, 15) is 4.79 Å². The van der Waals surface area contributed by atoms with E-state index in [0.717, 1.165) is 6.42 Å². The zero-order valence-corrected chi connectivity index (χ0v) is 7.75. The predicted octanol–water partition coefficient (Wildman–Crippen LogP) is 1.76. The maximum atomic E-state index is 11.0. The summed E-state index contributed by atoms with van der Waals surface area (Å²) in [7, 11) is 0. The molecule has 0 amide bonds. The fourth-order valence-electron chi connectivity index (χ4n) is 2.02. The number of Topliss-reactive ketones (excluding diaryl/α,β-unsaturated/α-hetero) is 1. The van der Waals surface area contributed by atoms with Crippen LogP contribution in [-0.4, -0.2) is 17.5 Å². The Hall–Kier alpha value is -0.370. The first-order valence-corrected chi connectivity index (χ1v) is 4.85. The molecule has 1 fully saturated rings. The Balaban J connectivity index is 2.30. The van der Waals surface area contributed by atoms with Crippen LogP contribution < -0.4 is 0 Å². The standard InChI is InChI=1S/C10H18O2/c1-8(12)10(7-11)6-9-4-2-3-5-9/h9-11H,2-7H2,1H3/t10-/m1/s1. The molecule has 1 aliphatic rings. The number of aliphatic hydroxyl groups is 1. The van der Waals surface area contributed by atoms with E-state index in [1.807, 2.05) is 0 Å². The van der Waals surface area contributed by atoms with E-state index in [-0.39, 0.29) is 18.3 Å². The van der Waals surface area contributed by atoms with E-state index in [1.165, 1.54) is 25.7 Å². The van der Waals surface area contributed by atoms with Gasteiger partial charge >= 0.3 is 0 Å². The first-order valence-electron chi connectivity index (χ1n) is 4.85. The molecule has 12 heavy (non-hydrogen) atoms. The van der Waals surface area contributed by atoms with Gasteiger partial charge in [0.2, 0.25) is 0 Å². The first kappa shape index (κ1) is 9.72. The van der Waals surface area contributed by atoms with Crippen LogP contribution in [0.5, 0.6) is 0 Å². The molecule has 70 valence electrons. The summed E-state index contributed by atoms with van der Waals surface area (Å²) in [4.78, 5) is 11.0. The Labute approximate surface area is 74.0 Å². The van der Waals surface area contributed by atoms with Gasteiger partial charge in [-0.15, -0.1) is 0 Å². The van der Waals surface area contributed by atoms with Crippen LogP contribution in [0.15, 0.2) is 0 Å². The highest BCUT2D eigenvalue weighted by atomic mass is 16.3. The summed E-state index contributed by atoms with van der Waals surface area (Å²) in [6.07, 6.45) is 6.03. The molecule has 0 radical (unpaired) electrons. The minimum atomic E-state index is -0.0897. The second-order valence-corrected chi connectivity index (χ2v) is 3.88. The lowest BCUT2D eigenvalue weighted by molar-refractivity contribution is -0.122. The number of rotatable bonds is 4. The summed E-state index contributed by atoms with van der Waals surface area (Å²) in [5.74, 6) is 0.753. The molecule has 1 atom stereocenters. The lowest BCUT2D eigenvalue weighted by Gasteiger charge is -2.14. The predicted molar refractivity (Wildman–Crippen MR) is 47.8 cm³/mol. The van der Waals surface area contributed by atoms with Crippen LogP contribution in [-0.2, 0) is 4.79 Å². The molecule has 0 heterocycles. The molecule has 0 saturated heterocycles. The lowest BCUT2D eigenvalue weighted by atomic mass is 9.91. The summed E-state index contributed by atoms with van der Waals surface area (Å²) >= 11 is 0. The van der Waals surface area contributed by atoms with Gasteiger partial charge in [-0.3, -0.25) is 4.79 Å². The molecule has 0 aromatic rings. The largest absolute Gasteiger partial charge is 0.396 e. The molecule has 1 aliphatic carbocycles. The molecule has 0 bridgehead atoms. The maximum Gasteiger partial charge on any atom is 0.135 e. The molecule has 0 aromatic heterocycles. The highest BCUT2D eigenvalue weighted by Gasteiger charge is 2.21. The lowest BCUT2D eigenvalue weighted by Crippen LogP contribution is -2.18. The monoisotopic (exact) mass is 170 g/mol. The van der Waals surface area contributed by atoms with Crippen molar-refractivity contribution in [2.24, 2.45) is 11.8 Å². The third-order valence-corrected chi connectivity index (χ3v) is 2.89. The van der Waals surface area contributed by atoms with Crippen molar-refractivity contribution in [3.8, 4) is 0 Å². The van der Waals surface area contributed by atoms with Crippen LogP contribution in [0.25, 0.3) is 0 Å². The van der Waals surface area contributed by atoms with Crippen molar-refractivity contribution in [3.05, 3.63) is 0 Å². The molecule has 0 aromatic carbocycles. The van der Waals surface area contributed by atoms with E-state index < -0.39 is 0 Å². The van der Waals surface area contributed by atoms with Crippen molar-refractivity contribution in [2.45, 2.75) is 39.0 Å². The average Bonchev–Trinajstić information content (AvgIpc) is 2.51. The minimum absolute atomic E-state index is 0.0336. The van der Waals surface area contributed by atoms with Gasteiger partial charge < -0.3 is 5.11 Å². The zero-order chi connectivity index (χ0) is 8.97. The van der Waals surface area contributed by atoms with E-state index in [2.05, 4.69) is 0 Å². The second-order valence-electron chi connectivity index (χ2n) is 3.88. The zero-order valence-electron chi connectivity index (χ0n) is 7.75. The summed E-state index contributed by atoms with van der Waals surface area (Å²) in [6, 6.07) is 0. The molecule has 1 rings (SSSR count). The number of ketones is 1. The molecule has 1 N–H and O–H groups in total. The van der Waals surface area contributed by atoms with Crippen molar-refractivity contribution in [3.63, 3.8) is 0 Å². The number of hydrogen-bond donors (Lipinski definition) is 1. The Morgan fingerprint density at radius 2 is 2.08 bits per heavy atom. The Kier molecular flexibility index (Phi) is 3.73. The number of aliphatic hydroxyl groups excluding tert-OH is 1. The smallest absolute Gasteiger partial charge is 0.135 e. The van der Waals surface area contributed by atoms with Crippen molar-refractivity contribution in [1.82, 2.24) is 0 Å². The molecule has 0 spiro atoms. The fourth-order valence-corrected chi connectivity index (χ4v) is 2.02. The molecular formula is C10H18O2. The summed E-state index contributed by atoms with van der Waals surface area (Å²) < 4.78 is 0. The van der Waals surface area contributed by atoms with Crippen LogP contribution in [0, 0.1) is 11.8 Å². The van der Waals surface area contributed by atoms with Gasteiger partial charge in [0, 0.05) is 5.92 Å². The topological polar surface area (TPSA) is 37.3 Å². The van der Waals surface area contributed by atoms with Crippen LogP contribution in [0.4, 0.5) is 0 Å². The first-order chi connectivity index (χ1) is 5.74. The van der Waals surface area contributed by atoms with Crippen molar-refractivity contribution in [2.75, 3.05) is 6.61 Å². The number of carbonyl (C=O) groups is 1. The van der Waals surface area contributed by atoms with Crippen molar-refractivity contribution >= 4 is 5.78 Å². The van der Waals surface area contributed by atoms with Gasteiger partial charge in [-0.25, -0.2) is 0 Å². The highest BCUT2D eigenvalue weighted by molar-refractivity contribution is 5.78. The third kappa shape index (κ3) is 2.59. The van der Waals surface area contributed by atoms with Gasteiger partial charge in [0.1, 0.15) is 5.78 Å². The quantitative estimate of drug-likeness (QED) is 0.698. The third-order valence-electron chi connectivity index (χ3n) is 2.89. The van der Waals surface area contributed by atoms with E-state index >= 15 is 0 Å². The van der Waals surface area contributed by atoms with E-state index in [0.29, 0.717) is 5.92 Å². The normalized spacial score (nSPS) is 21.2.